The summed E-state index contributed by atoms with van der Waals surface area (Å²) in [5.74, 6) is 0. The summed E-state index contributed by atoms with van der Waals surface area (Å²) in [5.41, 5.74) is 6.98. The first-order chi connectivity index (χ1) is 16.4. The number of anilines is 2. The van der Waals surface area contributed by atoms with Gasteiger partial charge in [0.05, 0.1) is 11.4 Å². The number of hydrogen-bond acceptors (Lipinski definition) is 2. The third-order valence-corrected chi connectivity index (χ3v) is 6.24. The van der Waals surface area contributed by atoms with E-state index in [9.17, 15) is 9.59 Å². The molecule has 0 unspecified atom stereocenters. The van der Waals surface area contributed by atoms with Gasteiger partial charge in [-0.15, -0.1) is 0 Å². The number of rotatable bonds is 6. The Balaban J connectivity index is 1.48. The Morgan fingerprint density at radius 1 is 0.882 bits per heavy atom. The Morgan fingerprint density at radius 3 is 2.44 bits per heavy atom. The van der Waals surface area contributed by atoms with Crippen LogP contribution in [0, 0.1) is 20.8 Å². The summed E-state index contributed by atoms with van der Waals surface area (Å²) in [7, 11) is 0. The molecule has 6 nitrogen and oxygen atoms in total. The number of carbonyl (C=O) groups is 2. The predicted octanol–water partition coefficient (Wildman–Crippen LogP) is 5.77. The summed E-state index contributed by atoms with van der Waals surface area (Å²) in [6, 6.07) is 21.6. The minimum atomic E-state index is -0.299. The van der Waals surface area contributed by atoms with Gasteiger partial charge in [0.2, 0.25) is 0 Å². The molecule has 0 aliphatic carbocycles. The van der Waals surface area contributed by atoms with Gasteiger partial charge >= 0.3 is 12.1 Å². The normalized spacial score (nSPS) is 13.7. The molecule has 4 rings (SSSR count). The Kier molecular flexibility index (Phi) is 7.16. The van der Waals surface area contributed by atoms with Crippen molar-refractivity contribution in [2.75, 3.05) is 23.3 Å². The fourth-order valence-electron chi connectivity index (χ4n) is 4.20. The van der Waals surface area contributed by atoms with E-state index < -0.39 is 0 Å². The maximum atomic E-state index is 13.4. The van der Waals surface area contributed by atoms with Gasteiger partial charge in [-0.2, -0.15) is 0 Å². The van der Waals surface area contributed by atoms with Crippen LogP contribution in [0.4, 0.5) is 21.0 Å². The lowest BCUT2D eigenvalue weighted by Crippen LogP contribution is -2.49. The highest BCUT2D eigenvalue weighted by molar-refractivity contribution is 6.00. The Morgan fingerprint density at radius 2 is 1.68 bits per heavy atom. The lowest BCUT2D eigenvalue weighted by atomic mass is 10.1. The van der Waals surface area contributed by atoms with E-state index in [-0.39, 0.29) is 12.1 Å². The predicted molar refractivity (Wildman–Crippen MR) is 137 cm³/mol. The molecule has 1 aliphatic heterocycles. The van der Waals surface area contributed by atoms with Crippen molar-refractivity contribution in [3.05, 3.63) is 94.5 Å². The van der Waals surface area contributed by atoms with E-state index in [1.807, 2.05) is 60.4 Å². The van der Waals surface area contributed by atoms with Gasteiger partial charge in [-0.3, -0.25) is 4.90 Å². The van der Waals surface area contributed by atoms with Gasteiger partial charge in [-0.05, 0) is 67.1 Å². The van der Waals surface area contributed by atoms with Crippen molar-refractivity contribution < 1.29 is 9.59 Å². The van der Waals surface area contributed by atoms with Crippen LogP contribution in [-0.4, -0.2) is 30.1 Å². The number of nitrogens with zero attached hydrogens (tertiary/aromatic N) is 2. The Labute approximate surface area is 201 Å². The molecule has 0 saturated carbocycles. The van der Waals surface area contributed by atoms with E-state index in [2.05, 4.69) is 42.7 Å². The molecule has 1 saturated heterocycles. The highest BCUT2D eigenvalue weighted by Crippen LogP contribution is 2.30. The van der Waals surface area contributed by atoms with Crippen molar-refractivity contribution in [1.82, 2.24) is 10.2 Å². The lowest BCUT2D eigenvalue weighted by Gasteiger charge is -2.36. The lowest BCUT2D eigenvalue weighted by molar-refractivity contribution is 0.192. The molecule has 1 heterocycles. The molecule has 1 fully saturated rings. The number of hydrogen-bond donors (Lipinski definition) is 2. The molecule has 0 atom stereocenters. The molecule has 3 aromatic rings. The van der Waals surface area contributed by atoms with Gasteiger partial charge in [-0.1, -0.05) is 54.6 Å². The van der Waals surface area contributed by atoms with E-state index in [1.165, 1.54) is 11.1 Å². The quantitative estimate of drug-likeness (QED) is 0.495. The van der Waals surface area contributed by atoms with Crippen LogP contribution in [0.3, 0.4) is 0 Å². The number of amides is 4. The second kappa shape index (κ2) is 10.4. The van der Waals surface area contributed by atoms with Gasteiger partial charge < -0.3 is 15.5 Å². The number of carbonyl (C=O) groups excluding carboxylic acids is 2. The number of nitrogens with one attached hydrogen (secondary N) is 2. The molecule has 4 amide bonds. The molecule has 0 radical (unpaired) electrons. The molecule has 0 spiro atoms. The van der Waals surface area contributed by atoms with E-state index in [4.69, 9.17) is 0 Å². The topological polar surface area (TPSA) is 64.7 Å². The zero-order valence-electron chi connectivity index (χ0n) is 20.1. The summed E-state index contributed by atoms with van der Waals surface area (Å²) >= 11 is 0. The van der Waals surface area contributed by atoms with Crippen molar-refractivity contribution in [3.63, 3.8) is 0 Å². The standard InChI is InChI=1S/C28H32N4O2/c1-20-10-13-26(25(16-20)30-27(33)29-18-23-8-5-4-6-9-23)32-15-7-14-31(28(32)34)19-24-12-11-21(2)22(3)17-24/h4-6,8-13,16-17H,7,14-15,18-19H2,1-3H3,(H2,29,30,33). The van der Waals surface area contributed by atoms with Crippen LogP contribution in [0.5, 0.6) is 0 Å². The van der Waals surface area contributed by atoms with Crippen LogP contribution in [0.2, 0.25) is 0 Å². The van der Waals surface area contributed by atoms with Gasteiger partial charge in [0, 0.05) is 26.2 Å². The molecule has 2 N–H and O–H groups in total. The van der Waals surface area contributed by atoms with Gasteiger partial charge in [0.15, 0.2) is 0 Å². The van der Waals surface area contributed by atoms with E-state index in [0.717, 1.165) is 28.8 Å². The maximum Gasteiger partial charge on any atom is 0.324 e. The fourth-order valence-corrected chi connectivity index (χ4v) is 4.20. The monoisotopic (exact) mass is 456 g/mol. The molecule has 3 aromatic carbocycles. The first-order valence-electron chi connectivity index (χ1n) is 11.7. The van der Waals surface area contributed by atoms with Crippen molar-refractivity contribution in [3.8, 4) is 0 Å². The van der Waals surface area contributed by atoms with E-state index in [1.54, 1.807) is 4.90 Å². The van der Waals surface area contributed by atoms with Crippen LogP contribution in [0.25, 0.3) is 0 Å². The maximum absolute atomic E-state index is 13.4. The highest BCUT2D eigenvalue weighted by Gasteiger charge is 2.28. The summed E-state index contributed by atoms with van der Waals surface area (Å²) < 4.78 is 0. The number of aryl methyl sites for hydroxylation is 3. The summed E-state index contributed by atoms with van der Waals surface area (Å²) in [5, 5.41) is 5.85. The van der Waals surface area contributed by atoms with Crippen LogP contribution < -0.4 is 15.5 Å². The number of benzene rings is 3. The molecule has 176 valence electrons. The SMILES string of the molecule is Cc1ccc(N2CCCN(Cc3ccc(C)c(C)c3)C2=O)c(NC(=O)NCc2ccccc2)c1. The van der Waals surface area contributed by atoms with Gasteiger partial charge in [0.1, 0.15) is 0 Å². The van der Waals surface area contributed by atoms with Crippen LogP contribution in [0.1, 0.15) is 34.2 Å². The van der Waals surface area contributed by atoms with Crippen molar-refractivity contribution in [2.24, 2.45) is 0 Å². The minimum Gasteiger partial charge on any atom is -0.334 e. The smallest absolute Gasteiger partial charge is 0.324 e. The molecular weight excluding hydrogens is 424 g/mol. The minimum absolute atomic E-state index is 0.0407. The average Bonchev–Trinajstić information content (AvgIpc) is 2.83. The van der Waals surface area contributed by atoms with E-state index >= 15 is 0 Å². The van der Waals surface area contributed by atoms with Gasteiger partial charge in [-0.25, -0.2) is 9.59 Å². The second-order valence-electron chi connectivity index (χ2n) is 8.94. The van der Waals surface area contributed by atoms with Crippen LogP contribution in [0.15, 0.2) is 66.7 Å². The molecular formula is C28H32N4O2. The molecule has 0 aromatic heterocycles. The number of urea groups is 2. The first kappa shape index (κ1) is 23.4. The Bertz CT molecular complexity index is 1180. The average molecular weight is 457 g/mol. The van der Waals surface area contributed by atoms with E-state index in [0.29, 0.717) is 31.9 Å². The molecule has 1 aliphatic rings. The van der Waals surface area contributed by atoms with Crippen molar-refractivity contribution in [2.45, 2.75) is 40.3 Å². The first-order valence-corrected chi connectivity index (χ1v) is 11.7. The van der Waals surface area contributed by atoms with Crippen LogP contribution >= 0.6 is 0 Å². The van der Waals surface area contributed by atoms with Gasteiger partial charge in [0.25, 0.3) is 0 Å². The third-order valence-electron chi connectivity index (χ3n) is 6.24. The summed E-state index contributed by atoms with van der Waals surface area (Å²) in [4.78, 5) is 29.7. The third kappa shape index (κ3) is 5.57. The van der Waals surface area contributed by atoms with Crippen molar-refractivity contribution in [1.29, 1.82) is 0 Å². The fraction of sp³-hybridized carbons (Fsp3) is 0.286. The molecule has 6 heteroatoms. The highest BCUT2D eigenvalue weighted by atomic mass is 16.2. The van der Waals surface area contributed by atoms with Crippen LogP contribution in [-0.2, 0) is 13.1 Å². The Hall–Kier alpha value is -3.80. The molecule has 34 heavy (non-hydrogen) atoms. The zero-order chi connectivity index (χ0) is 24.1. The van der Waals surface area contributed by atoms with Crippen molar-refractivity contribution >= 4 is 23.4 Å². The largest absolute Gasteiger partial charge is 0.334 e. The molecule has 0 bridgehead atoms. The zero-order valence-corrected chi connectivity index (χ0v) is 20.1. The summed E-state index contributed by atoms with van der Waals surface area (Å²) in [6.45, 7) is 8.49. The second-order valence-corrected chi connectivity index (χ2v) is 8.94. The summed E-state index contributed by atoms with van der Waals surface area (Å²) in [6.07, 6.45) is 0.865.